The molecule has 0 aliphatic heterocycles. The van der Waals surface area contributed by atoms with Crippen LogP contribution in [-0.4, -0.2) is 20.7 Å². The number of ether oxygens (including phenoxy) is 1. The normalized spacial score (nSPS) is 10.8. The van der Waals surface area contributed by atoms with Crippen LogP contribution in [0.4, 0.5) is 5.95 Å². The molecule has 4 aromatic rings. The smallest absolute Gasteiger partial charge is 0.268 e. The Morgan fingerprint density at radius 3 is 2.74 bits per heavy atom. The summed E-state index contributed by atoms with van der Waals surface area (Å²) in [4.78, 5) is 17.3. The number of thiophene rings is 1. The quantitative estimate of drug-likeness (QED) is 0.402. The molecule has 31 heavy (non-hydrogen) atoms. The summed E-state index contributed by atoms with van der Waals surface area (Å²) < 4.78 is 7.58. The van der Waals surface area contributed by atoms with Crippen molar-refractivity contribution in [2.75, 3.05) is 5.32 Å². The van der Waals surface area contributed by atoms with E-state index in [-0.39, 0.29) is 11.9 Å². The van der Waals surface area contributed by atoms with Gasteiger partial charge in [-0.3, -0.25) is 10.1 Å². The highest BCUT2D eigenvalue weighted by atomic mass is 35.5. The molecule has 0 spiro atoms. The number of aryl methyl sites for hydroxylation is 2. The lowest BCUT2D eigenvalue weighted by atomic mass is 10.1. The molecule has 2 aromatic heterocycles. The fourth-order valence-corrected chi connectivity index (χ4v) is 3.88. The molecule has 1 amide bonds. The highest BCUT2D eigenvalue weighted by Gasteiger charge is 2.13. The lowest BCUT2D eigenvalue weighted by molar-refractivity contribution is 0.102. The number of nitrogens with one attached hydrogen (secondary N) is 1. The number of nitrogens with zero attached hydrogens (tertiary/aromatic N) is 3. The van der Waals surface area contributed by atoms with Gasteiger partial charge < -0.3 is 4.74 Å². The third kappa shape index (κ3) is 5.51. The van der Waals surface area contributed by atoms with Crippen molar-refractivity contribution in [3.8, 4) is 5.75 Å². The van der Waals surface area contributed by atoms with Crippen LogP contribution in [0.25, 0.3) is 0 Å². The van der Waals surface area contributed by atoms with Crippen molar-refractivity contribution >= 4 is 34.8 Å². The topological polar surface area (TPSA) is 69.0 Å². The molecule has 0 aliphatic carbocycles. The summed E-state index contributed by atoms with van der Waals surface area (Å²) in [5.74, 6) is 0.875. The van der Waals surface area contributed by atoms with Crippen LogP contribution in [0.1, 0.15) is 31.9 Å². The number of hydrogen-bond donors (Lipinski definition) is 1. The molecule has 0 atom stereocenters. The second kappa shape index (κ2) is 9.32. The van der Waals surface area contributed by atoms with Gasteiger partial charge in [0.2, 0.25) is 5.95 Å². The van der Waals surface area contributed by atoms with Crippen LogP contribution in [0.2, 0.25) is 5.02 Å². The summed E-state index contributed by atoms with van der Waals surface area (Å²) >= 11 is 7.27. The zero-order valence-corrected chi connectivity index (χ0v) is 18.7. The van der Waals surface area contributed by atoms with E-state index in [1.807, 2.05) is 61.7 Å². The SMILES string of the molecule is Cc1ccc(C)c(OCc2csc(C(=O)Nc3ncn(Cc4ccc(Cl)cc4)n3)c2)c1. The van der Waals surface area contributed by atoms with Crippen LogP contribution in [0.5, 0.6) is 5.75 Å². The van der Waals surface area contributed by atoms with Gasteiger partial charge in [0.25, 0.3) is 5.91 Å². The Morgan fingerprint density at radius 2 is 1.94 bits per heavy atom. The molecule has 2 heterocycles. The summed E-state index contributed by atoms with van der Waals surface area (Å²) in [6.07, 6.45) is 1.59. The van der Waals surface area contributed by atoms with E-state index in [0.717, 1.165) is 28.0 Å². The van der Waals surface area contributed by atoms with Gasteiger partial charge in [-0.2, -0.15) is 0 Å². The Morgan fingerprint density at radius 1 is 1.13 bits per heavy atom. The molecule has 1 N–H and O–H groups in total. The van der Waals surface area contributed by atoms with Crippen molar-refractivity contribution in [2.24, 2.45) is 0 Å². The van der Waals surface area contributed by atoms with Crippen molar-refractivity contribution in [3.05, 3.63) is 92.4 Å². The van der Waals surface area contributed by atoms with Gasteiger partial charge in [-0.15, -0.1) is 16.4 Å². The summed E-state index contributed by atoms with van der Waals surface area (Å²) in [6, 6.07) is 15.4. The molecular weight excluding hydrogens is 432 g/mol. The maximum Gasteiger partial charge on any atom is 0.268 e. The number of anilines is 1. The second-order valence-corrected chi connectivity index (χ2v) is 8.57. The van der Waals surface area contributed by atoms with Gasteiger partial charge in [-0.05, 0) is 60.2 Å². The second-order valence-electron chi connectivity index (χ2n) is 7.22. The molecule has 0 radical (unpaired) electrons. The van der Waals surface area contributed by atoms with Crippen molar-refractivity contribution < 1.29 is 9.53 Å². The average Bonchev–Trinajstić information content (AvgIpc) is 3.40. The first-order chi connectivity index (χ1) is 15.0. The molecule has 0 fully saturated rings. The van der Waals surface area contributed by atoms with Crippen LogP contribution in [-0.2, 0) is 13.2 Å². The van der Waals surface area contributed by atoms with E-state index in [2.05, 4.69) is 21.5 Å². The van der Waals surface area contributed by atoms with E-state index < -0.39 is 0 Å². The van der Waals surface area contributed by atoms with Gasteiger partial charge in [0.15, 0.2) is 0 Å². The number of carbonyl (C=O) groups is 1. The minimum absolute atomic E-state index is 0.243. The summed E-state index contributed by atoms with van der Waals surface area (Å²) in [6.45, 7) is 4.99. The molecule has 2 aromatic carbocycles. The Kier molecular flexibility index (Phi) is 6.34. The van der Waals surface area contributed by atoms with Gasteiger partial charge in [-0.25, -0.2) is 9.67 Å². The highest BCUT2D eigenvalue weighted by molar-refractivity contribution is 7.12. The molecule has 4 rings (SSSR count). The number of aromatic nitrogens is 3. The molecule has 6 nitrogen and oxygen atoms in total. The van der Waals surface area contributed by atoms with E-state index >= 15 is 0 Å². The van der Waals surface area contributed by atoms with Gasteiger partial charge in [0.1, 0.15) is 18.7 Å². The van der Waals surface area contributed by atoms with Gasteiger partial charge in [0.05, 0.1) is 11.4 Å². The number of carbonyl (C=O) groups excluding carboxylic acids is 1. The molecule has 0 saturated heterocycles. The van der Waals surface area contributed by atoms with Crippen LogP contribution in [0.3, 0.4) is 0 Å². The molecule has 0 saturated carbocycles. The fourth-order valence-electron chi connectivity index (χ4n) is 2.96. The largest absolute Gasteiger partial charge is 0.489 e. The van der Waals surface area contributed by atoms with Crippen molar-refractivity contribution in [1.29, 1.82) is 0 Å². The Hall–Kier alpha value is -3.16. The fraction of sp³-hybridized carbons (Fsp3) is 0.174. The van der Waals surface area contributed by atoms with Crippen LogP contribution < -0.4 is 10.1 Å². The summed E-state index contributed by atoms with van der Waals surface area (Å²) in [5.41, 5.74) is 4.21. The summed E-state index contributed by atoms with van der Waals surface area (Å²) in [5, 5.41) is 9.67. The first-order valence-electron chi connectivity index (χ1n) is 9.69. The average molecular weight is 453 g/mol. The zero-order chi connectivity index (χ0) is 21.8. The van der Waals surface area contributed by atoms with E-state index in [1.54, 1.807) is 11.0 Å². The Labute approximate surface area is 189 Å². The molecule has 8 heteroatoms. The van der Waals surface area contributed by atoms with E-state index in [4.69, 9.17) is 16.3 Å². The molecule has 0 aliphatic rings. The van der Waals surface area contributed by atoms with Crippen molar-refractivity contribution in [1.82, 2.24) is 14.8 Å². The molecule has 0 unspecified atom stereocenters. The zero-order valence-electron chi connectivity index (χ0n) is 17.1. The van der Waals surface area contributed by atoms with Gasteiger partial charge >= 0.3 is 0 Å². The molecule has 158 valence electrons. The van der Waals surface area contributed by atoms with E-state index in [9.17, 15) is 4.79 Å². The minimum atomic E-state index is -0.243. The van der Waals surface area contributed by atoms with Crippen LogP contribution in [0.15, 0.2) is 60.2 Å². The maximum atomic E-state index is 12.6. The molecule has 0 bridgehead atoms. The first-order valence-corrected chi connectivity index (χ1v) is 10.9. The number of amides is 1. The summed E-state index contributed by atoms with van der Waals surface area (Å²) in [7, 11) is 0. The lowest BCUT2D eigenvalue weighted by Gasteiger charge is -2.08. The number of rotatable bonds is 7. The van der Waals surface area contributed by atoms with Crippen molar-refractivity contribution in [3.63, 3.8) is 0 Å². The first kappa shape index (κ1) is 21.1. The van der Waals surface area contributed by atoms with E-state index in [0.29, 0.717) is 23.1 Å². The van der Waals surface area contributed by atoms with Crippen LogP contribution >= 0.6 is 22.9 Å². The predicted octanol–water partition coefficient (Wildman–Crippen LogP) is 5.49. The monoisotopic (exact) mass is 452 g/mol. The maximum absolute atomic E-state index is 12.6. The predicted molar refractivity (Wildman–Crippen MR) is 123 cm³/mol. The highest BCUT2D eigenvalue weighted by Crippen LogP contribution is 2.22. The minimum Gasteiger partial charge on any atom is -0.489 e. The third-order valence-electron chi connectivity index (χ3n) is 4.64. The van der Waals surface area contributed by atoms with Gasteiger partial charge in [0, 0.05) is 10.6 Å². The van der Waals surface area contributed by atoms with Gasteiger partial charge in [-0.1, -0.05) is 35.9 Å². The van der Waals surface area contributed by atoms with Crippen LogP contribution in [0, 0.1) is 13.8 Å². The Balaban J connectivity index is 1.34. The van der Waals surface area contributed by atoms with E-state index in [1.165, 1.54) is 11.3 Å². The number of hydrogen-bond acceptors (Lipinski definition) is 5. The van der Waals surface area contributed by atoms with Crippen molar-refractivity contribution in [2.45, 2.75) is 27.0 Å². The lowest BCUT2D eigenvalue weighted by Crippen LogP contribution is -2.12. The standard InChI is InChI=1S/C23H21ClN4O2S/c1-15-3-4-16(2)20(9-15)30-12-18-10-21(31-13-18)22(29)26-23-25-14-28(27-23)11-17-5-7-19(24)8-6-17/h3-10,13-14H,11-12H2,1-2H3,(H,26,27,29). The Bertz CT molecular complexity index is 1200. The third-order valence-corrected chi connectivity index (χ3v) is 5.86. The number of benzene rings is 2. The molecular formula is C23H21ClN4O2S. The number of halogens is 1.